The fraction of sp³-hybridized carbons (Fsp3) is 0.333. The summed E-state index contributed by atoms with van der Waals surface area (Å²) < 4.78 is 13.0. The average molecular weight is 408 g/mol. The highest BCUT2D eigenvalue weighted by atomic mass is 16.5. The normalized spacial score (nSPS) is 10.8. The van der Waals surface area contributed by atoms with E-state index in [1.807, 2.05) is 37.3 Å². The van der Waals surface area contributed by atoms with Gasteiger partial charge in [-0.2, -0.15) is 0 Å². The molecule has 0 fully saturated rings. The number of primary amides is 1. The molecule has 0 aliphatic carbocycles. The number of hydrogen-bond donors (Lipinski definition) is 1. The predicted octanol–water partition coefficient (Wildman–Crippen LogP) is 4.17. The molecule has 0 aliphatic rings. The Kier molecular flexibility index (Phi) is 6.77. The highest BCUT2D eigenvalue weighted by molar-refractivity contribution is 6.02. The van der Waals surface area contributed by atoms with Crippen molar-refractivity contribution in [1.82, 2.24) is 9.55 Å². The van der Waals surface area contributed by atoms with Crippen molar-refractivity contribution in [2.24, 2.45) is 5.73 Å². The maximum Gasteiger partial charge on any atom is 0.251 e. The molecule has 6 heteroatoms. The lowest BCUT2D eigenvalue weighted by Gasteiger charge is -2.14. The molecule has 0 aliphatic heterocycles. The summed E-state index contributed by atoms with van der Waals surface area (Å²) in [6.45, 7) is 4.84. The lowest BCUT2D eigenvalue weighted by Crippen LogP contribution is -2.14. The van der Waals surface area contributed by atoms with E-state index in [2.05, 4.69) is 16.5 Å². The molecule has 0 unspecified atom stereocenters. The first-order valence-electron chi connectivity index (χ1n) is 10.1. The van der Waals surface area contributed by atoms with Crippen LogP contribution in [0.3, 0.4) is 0 Å². The smallest absolute Gasteiger partial charge is 0.251 e. The van der Waals surface area contributed by atoms with Crippen molar-refractivity contribution in [3.8, 4) is 22.6 Å². The zero-order valence-corrected chi connectivity index (χ0v) is 18.1. The van der Waals surface area contributed by atoms with Crippen molar-refractivity contribution in [1.29, 1.82) is 0 Å². The largest absolute Gasteiger partial charge is 0.493 e. The Morgan fingerprint density at radius 1 is 1.13 bits per heavy atom. The lowest BCUT2D eigenvalue weighted by molar-refractivity contribution is 0.1000. The Bertz CT molecular complexity index is 1030. The molecule has 0 bridgehead atoms. The number of ether oxygens (including phenoxy) is 2. The number of rotatable bonds is 9. The van der Waals surface area contributed by atoms with E-state index in [-0.39, 0.29) is 0 Å². The van der Waals surface area contributed by atoms with E-state index in [0.29, 0.717) is 17.1 Å². The fourth-order valence-corrected chi connectivity index (χ4v) is 4.00. The Morgan fingerprint density at radius 3 is 2.50 bits per heavy atom. The first kappa shape index (κ1) is 21.4. The molecular formula is C24H29N3O3. The molecule has 0 saturated heterocycles. The number of hydrogen-bond acceptors (Lipinski definition) is 4. The summed E-state index contributed by atoms with van der Waals surface area (Å²) in [6.07, 6.45) is 6.12. The van der Waals surface area contributed by atoms with Gasteiger partial charge in [-0.25, -0.2) is 0 Å². The third-order valence-electron chi connectivity index (χ3n) is 5.39. The van der Waals surface area contributed by atoms with Crippen LogP contribution in [-0.2, 0) is 19.4 Å². The van der Waals surface area contributed by atoms with Gasteiger partial charge in [0, 0.05) is 41.5 Å². The number of nitrogens with zero attached hydrogens (tertiary/aromatic N) is 2. The molecule has 0 radical (unpaired) electrons. The number of amides is 1. The maximum absolute atomic E-state index is 12.4. The first-order chi connectivity index (χ1) is 14.5. The Morgan fingerprint density at radius 2 is 1.90 bits per heavy atom. The van der Waals surface area contributed by atoms with Crippen LogP contribution in [0.2, 0.25) is 0 Å². The topological polar surface area (TPSA) is 79.4 Å². The minimum absolute atomic E-state index is 0.409. The summed E-state index contributed by atoms with van der Waals surface area (Å²) >= 11 is 0. The second-order valence-electron chi connectivity index (χ2n) is 7.23. The molecule has 1 aromatic carbocycles. The van der Waals surface area contributed by atoms with E-state index in [1.54, 1.807) is 26.6 Å². The van der Waals surface area contributed by atoms with Crippen LogP contribution in [0.15, 0.2) is 42.7 Å². The van der Waals surface area contributed by atoms with E-state index in [1.165, 1.54) is 0 Å². The van der Waals surface area contributed by atoms with E-state index in [9.17, 15) is 4.79 Å². The highest BCUT2D eigenvalue weighted by Crippen LogP contribution is 2.34. The molecule has 0 saturated carbocycles. The third kappa shape index (κ3) is 4.17. The summed E-state index contributed by atoms with van der Waals surface area (Å²) in [6, 6.07) is 9.81. The van der Waals surface area contributed by atoms with Gasteiger partial charge in [0.15, 0.2) is 11.5 Å². The minimum atomic E-state index is -0.409. The molecule has 6 nitrogen and oxygen atoms in total. The Balaban J connectivity index is 2.03. The number of pyridine rings is 1. The summed E-state index contributed by atoms with van der Waals surface area (Å²) in [5, 5.41) is 0. The second kappa shape index (κ2) is 9.48. The van der Waals surface area contributed by atoms with Crippen LogP contribution in [0.25, 0.3) is 11.1 Å². The third-order valence-corrected chi connectivity index (χ3v) is 5.39. The molecule has 2 aromatic heterocycles. The number of methoxy groups -OCH3 is 2. The van der Waals surface area contributed by atoms with Crippen LogP contribution in [-0.4, -0.2) is 29.7 Å². The van der Waals surface area contributed by atoms with Crippen LogP contribution in [0.1, 0.15) is 40.7 Å². The van der Waals surface area contributed by atoms with Crippen LogP contribution in [0, 0.1) is 6.92 Å². The van der Waals surface area contributed by atoms with Gasteiger partial charge in [0.1, 0.15) is 0 Å². The molecule has 2 N–H and O–H groups in total. The first-order valence-corrected chi connectivity index (χ1v) is 10.1. The van der Waals surface area contributed by atoms with Gasteiger partial charge in [0.05, 0.1) is 19.8 Å². The molecule has 0 atom stereocenters. The highest BCUT2D eigenvalue weighted by Gasteiger charge is 2.24. The van der Waals surface area contributed by atoms with Crippen LogP contribution >= 0.6 is 0 Å². The second-order valence-corrected chi connectivity index (χ2v) is 7.23. The SMILES string of the molecule is CCCc1c(-c2cccnc2)c(C(N)=O)c(C)n1CCc1ccc(OC)c(OC)c1. The van der Waals surface area contributed by atoms with Crippen LogP contribution < -0.4 is 15.2 Å². The molecule has 1 amide bonds. The molecule has 30 heavy (non-hydrogen) atoms. The zero-order valence-electron chi connectivity index (χ0n) is 18.1. The summed E-state index contributed by atoms with van der Waals surface area (Å²) in [5.41, 5.74) is 11.4. The van der Waals surface area contributed by atoms with Crippen molar-refractivity contribution in [3.63, 3.8) is 0 Å². The fourth-order valence-electron chi connectivity index (χ4n) is 4.00. The number of aryl methyl sites for hydroxylation is 1. The molecule has 158 valence electrons. The molecule has 3 rings (SSSR count). The van der Waals surface area contributed by atoms with Crippen molar-refractivity contribution in [3.05, 3.63) is 65.2 Å². The number of carbonyl (C=O) groups excluding carboxylic acids is 1. The summed E-state index contributed by atoms with van der Waals surface area (Å²) in [7, 11) is 3.26. The quantitative estimate of drug-likeness (QED) is 0.577. The summed E-state index contributed by atoms with van der Waals surface area (Å²) in [4.78, 5) is 16.6. The number of carbonyl (C=O) groups is 1. The van der Waals surface area contributed by atoms with Gasteiger partial charge in [0.25, 0.3) is 5.91 Å². The Hall–Kier alpha value is -3.28. The number of benzene rings is 1. The van der Waals surface area contributed by atoms with Gasteiger partial charge in [-0.1, -0.05) is 25.5 Å². The molecular weight excluding hydrogens is 378 g/mol. The van der Waals surface area contributed by atoms with E-state index in [0.717, 1.165) is 53.9 Å². The number of aromatic nitrogens is 2. The number of nitrogens with two attached hydrogens (primary N) is 1. The molecule has 0 spiro atoms. The van der Waals surface area contributed by atoms with Crippen LogP contribution in [0.4, 0.5) is 0 Å². The standard InChI is InChI=1S/C24H29N3O3/c1-5-7-19-23(18-8-6-12-26-15-18)22(24(25)28)16(2)27(19)13-11-17-9-10-20(29-3)21(14-17)30-4/h6,8-10,12,14-15H,5,7,11,13H2,1-4H3,(H2,25,28). The monoisotopic (exact) mass is 407 g/mol. The van der Waals surface area contributed by atoms with E-state index in [4.69, 9.17) is 15.2 Å². The van der Waals surface area contributed by atoms with Gasteiger partial charge < -0.3 is 19.8 Å². The van der Waals surface area contributed by atoms with E-state index < -0.39 is 5.91 Å². The lowest BCUT2D eigenvalue weighted by atomic mass is 9.99. The predicted molar refractivity (Wildman–Crippen MR) is 118 cm³/mol. The van der Waals surface area contributed by atoms with Crippen LogP contribution in [0.5, 0.6) is 11.5 Å². The Labute approximate surface area is 177 Å². The van der Waals surface area contributed by atoms with E-state index >= 15 is 0 Å². The van der Waals surface area contributed by atoms with Gasteiger partial charge in [-0.05, 0) is 43.5 Å². The van der Waals surface area contributed by atoms with Crippen molar-refractivity contribution < 1.29 is 14.3 Å². The van der Waals surface area contributed by atoms with Gasteiger partial charge in [-0.3, -0.25) is 9.78 Å². The maximum atomic E-state index is 12.4. The summed E-state index contributed by atoms with van der Waals surface area (Å²) in [5.74, 6) is 1.01. The molecule has 2 heterocycles. The van der Waals surface area contributed by atoms with Crippen molar-refractivity contribution in [2.75, 3.05) is 14.2 Å². The van der Waals surface area contributed by atoms with Gasteiger partial charge in [-0.15, -0.1) is 0 Å². The van der Waals surface area contributed by atoms with Crippen molar-refractivity contribution >= 4 is 5.91 Å². The van der Waals surface area contributed by atoms with Gasteiger partial charge in [0.2, 0.25) is 0 Å². The van der Waals surface area contributed by atoms with Gasteiger partial charge >= 0.3 is 0 Å². The van der Waals surface area contributed by atoms with Crippen molar-refractivity contribution in [2.45, 2.75) is 39.7 Å². The molecule has 3 aromatic rings. The average Bonchev–Trinajstić information content (AvgIpc) is 3.04. The zero-order chi connectivity index (χ0) is 21.7. The minimum Gasteiger partial charge on any atom is -0.493 e.